The lowest BCUT2D eigenvalue weighted by Gasteiger charge is -2.34. The van der Waals surface area contributed by atoms with Gasteiger partial charge in [-0.3, -0.25) is 4.90 Å². The quantitative estimate of drug-likeness (QED) is 0.392. The molecule has 0 radical (unpaired) electrons. The lowest BCUT2D eigenvalue weighted by molar-refractivity contribution is 0.0136. The first kappa shape index (κ1) is 24.1. The summed E-state index contributed by atoms with van der Waals surface area (Å²) in [4.78, 5) is 15.1. The summed E-state index contributed by atoms with van der Waals surface area (Å²) >= 11 is 0. The fourth-order valence-electron chi connectivity index (χ4n) is 6.16. The molecule has 1 aromatic heterocycles. The van der Waals surface area contributed by atoms with Gasteiger partial charge in [-0.15, -0.1) is 0 Å². The van der Waals surface area contributed by atoms with E-state index in [1.165, 1.54) is 54.1 Å². The molecule has 35 heavy (non-hydrogen) atoms. The van der Waals surface area contributed by atoms with E-state index in [0.717, 1.165) is 51.2 Å². The van der Waals surface area contributed by atoms with Gasteiger partial charge in [0.25, 0.3) is 0 Å². The van der Waals surface area contributed by atoms with Crippen LogP contribution in [-0.2, 0) is 22.4 Å². The Morgan fingerprint density at radius 2 is 1.94 bits per heavy atom. The molecule has 2 aliphatic rings. The van der Waals surface area contributed by atoms with Crippen molar-refractivity contribution in [2.75, 3.05) is 33.4 Å². The molecule has 5 nitrogen and oxygen atoms in total. The van der Waals surface area contributed by atoms with Crippen molar-refractivity contribution in [2.24, 2.45) is 0 Å². The molecule has 0 saturated carbocycles. The molecule has 186 valence electrons. The summed E-state index contributed by atoms with van der Waals surface area (Å²) in [6.07, 6.45) is 5.75. The SMILES string of the molecule is CCCCC(CC)c1c2n(c3cc(C(=O)OC)ccc13)CC(N1CCOCC1)Cc1ccccc1-2. The largest absolute Gasteiger partial charge is 0.465 e. The summed E-state index contributed by atoms with van der Waals surface area (Å²) in [6.45, 7) is 9.03. The van der Waals surface area contributed by atoms with Crippen molar-refractivity contribution in [3.05, 3.63) is 59.2 Å². The van der Waals surface area contributed by atoms with Crippen LogP contribution in [0.15, 0.2) is 42.5 Å². The Morgan fingerprint density at radius 1 is 1.14 bits per heavy atom. The zero-order valence-electron chi connectivity index (χ0n) is 21.4. The second kappa shape index (κ2) is 10.5. The van der Waals surface area contributed by atoms with Crippen molar-refractivity contribution in [3.8, 4) is 11.3 Å². The molecule has 0 amide bonds. The van der Waals surface area contributed by atoms with Crippen molar-refractivity contribution in [1.29, 1.82) is 0 Å². The average Bonchev–Trinajstić information content (AvgIpc) is 3.11. The van der Waals surface area contributed by atoms with Crippen LogP contribution in [0.25, 0.3) is 22.2 Å². The summed E-state index contributed by atoms with van der Waals surface area (Å²) in [5.74, 6) is 0.214. The van der Waals surface area contributed by atoms with Crippen molar-refractivity contribution in [3.63, 3.8) is 0 Å². The number of benzene rings is 2. The Kier molecular flexibility index (Phi) is 7.26. The Labute approximate surface area is 209 Å². The third-order valence-electron chi connectivity index (χ3n) is 8.02. The number of unbranched alkanes of at least 4 members (excludes halogenated alkanes) is 1. The maximum Gasteiger partial charge on any atom is 0.337 e. The Morgan fingerprint density at radius 3 is 2.69 bits per heavy atom. The van der Waals surface area contributed by atoms with Crippen LogP contribution in [0.2, 0.25) is 0 Å². The smallest absolute Gasteiger partial charge is 0.337 e. The first-order valence-corrected chi connectivity index (χ1v) is 13.3. The molecule has 2 atom stereocenters. The number of carbonyl (C=O) groups is 1. The zero-order valence-corrected chi connectivity index (χ0v) is 21.4. The molecule has 0 bridgehead atoms. The molecule has 2 aromatic carbocycles. The number of carbonyl (C=O) groups excluding carboxylic acids is 1. The number of rotatable bonds is 7. The van der Waals surface area contributed by atoms with Gasteiger partial charge in [-0.1, -0.05) is 57.0 Å². The monoisotopic (exact) mass is 474 g/mol. The molecule has 1 saturated heterocycles. The van der Waals surface area contributed by atoms with Gasteiger partial charge in [-0.25, -0.2) is 4.79 Å². The normalized spacial score (nSPS) is 19.1. The van der Waals surface area contributed by atoms with Crippen molar-refractivity contribution in [1.82, 2.24) is 9.47 Å². The predicted octanol–water partition coefficient (Wildman–Crippen LogP) is 6.04. The van der Waals surface area contributed by atoms with Crippen LogP contribution in [0, 0.1) is 0 Å². The van der Waals surface area contributed by atoms with Crippen molar-refractivity contribution >= 4 is 16.9 Å². The maximum atomic E-state index is 12.5. The topological polar surface area (TPSA) is 43.7 Å². The average molecular weight is 475 g/mol. The van der Waals surface area contributed by atoms with Gasteiger partial charge in [0.2, 0.25) is 0 Å². The van der Waals surface area contributed by atoms with E-state index in [0.29, 0.717) is 17.5 Å². The van der Waals surface area contributed by atoms with Crippen molar-refractivity contribution in [2.45, 2.75) is 64.5 Å². The Balaban J connectivity index is 1.76. The minimum Gasteiger partial charge on any atom is -0.465 e. The molecule has 2 unspecified atom stereocenters. The highest BCUT2D eigenvalue weighted by atomic mass is 16.5. The van der Waals surface area contributed by atoms with Gasteiger partial charge >= 0.3 is 5.97 Å². The number of morpholine rings is 1. The molecule has 0 spiro atoms. The minimum atomic E-state index is -0.277. The summed E-state index contributed by atoms with van der Waals surface area (Å²) in [5, 5.41) is 1.29. The molecule has 3 aromatic rings. The van der Waals surface area contributed by atoms with Crippen LogP contribution >= 0.6 is 0 Å². The molecule has 1 fully saturated rings. The number of hydrogen-bond acceptors (Lipinski definition) is 4. The van der Waals surface area contributed by atoms with E-state index in [1.54, 1.807) is 0 Å². The van der Waals surface area contributed by atoms with E-state index >= 15 is 0 Å². The van der Waals surface area contributed by atoms with Gasteiger partial charge < -0.3 is 14.0 Å². The lowest BCUT2D eigenvalue weighted by atomic mass is 9.86. The summed E-state index contributed by atoms with van der Waals surface area (Å²) < 4.78 is 13.3. The standard InChI is InChI=1S/C30H38N2O3/c1-4-6-9-21(5-2)28-26-13-12-23(30(33)34-3)19-27(26)32-20-24(31-14-16-35-17-15-31)18-22-10-7-8-11-25(22)29(28)32/h7-8,10-13,19,21,24H,4-6,9,14-18,20H2,1-3H3. The second-order valence-electron chi connectivity index (χ2n) is 10.0. The predicted molar refractivity (Wildman–Crippen MR) is 141 cm³/mol. The third-order valence-corrected chi connectivity index (χ3v) is 8.02. The first-order chi connectivity index (χ1) is 17.2. The van der Waals surface area contributed by atoms with Crippen molar-refractivity contribution < 1.29 is 14.3 Å². The summed E-state index contributed by atoms with van der Waals surface area (Å²) in [5.41, 5.74) is 7.37. The number of aromatic nitrogens is 1. The minimum absolute atomic E-state index is 0.277. The lowest BCUT2D eigenvalue weighted by Crippen LogP contribution is -2.46. The van der Waals surface area contributed by atoms with Crippen LogP contribution in [-0.4, -0.2) is 54.9 Å². The van der Waals surface area contributed by atoms with E-state index in [9.17, 15) is 4.79 Å². The fraction of sp³-hybridized carbons (Fsp3) is 0.500. The number of ether oxygens (including phenoxy) is 2. The van der Waals surface area contributed by atoms with E-state index in [4.69, 9.17) is 9.47 Å². The van der Waals surface area contributed by atoms with Crippen LogP contribution < -0.4 is 0 Å². The number of esters is 1. The van der Waals surface area contributed by atoms with Crippen LogP contribution in [0.1, 0.15) is 66.9 Å². The van der Waals surface area contributed by atoms with E-state index in [-0.39, 0.29) is 5.97 Å². The van der Waals surface area contributed by atoms with Gasteiger partial charge in [-0.05, 0) is 48.4 Å². The molecule has 5 heteroatoms. The van der Waals surface area contributed by atoms with Gasteiger partial charge in [0, 0.05) is 42.1 Å². The second-order valence-corrected chi connectivity index (χ2v) is 10.0. The zero-order chi connectivity index (χ0) is 24.4. The van der Waals surface area contributed by atoms with Crippen LogP contribution in [0.4, 0.5) is 0 Å². The molecular formula is C30H38N2O3. The van der Waals surface area contributed by atoms with Gasteiger partial charge in [-0.2, -0.15) is 0 Å². The number of fused-ring (bicyclic) bond motifs is 5. The molecule has 3 heterocycles. The molecule has 5 rings (SSSR count). The van der Waals surface area contributed by atoms with Gasteiger partial charge in [0.15, 0.2) is 0 Å². The highest BCUT2D eigenvalue weighted by molar-refractivity contribution is 5.99. The number of methoxy groups -OCH3 is 1. The number of nitrogens with zero attached hydrogens (tertiary/aromatic N) is 2. The first-order valence-electron chi connectivity index (χ1n) is 13.3. The van der Waals surface area contributed by atoms with E-state index in [1.807, 2.05) is 6.07 Å². The summed E-state index contributed by atoms with van der Waals surface area (Å²) in [7, 11) is 1.46. The van der Waals surface area contributed by atoms with Gasteiger partial charge in [0.1, 0.15) is 0 Å². The van der Waals surface area contributed by atoms with Crippen LogP contribution in [0.5, 0.6) is 0 Å². The van der Waals surface area contributed by atoms with Crippen LogP contribution in [0.3, 0.4) is 0 Å². The Hall–Kier alpha value is -2.63. The van der Waals surface area contributed by atoms with Gasteiger partial charge in [0.05, 0.1) is 31.6 Å². The van der Waals surface area contributed by atoms with E-state index < -0.39 is 0 Å². The molecule has 0 aliphatic carbocycles. The summed E-state index contributed by atoms with van der Waals surface area (Å²) in [6, 6.07) is 15.5. The highest BCUT2D eigenvalue weighted by Gasteiger charge is 2.32. The Bertz CT molecular complexity index is 1190. The maximum absolute atomic E-state index is 12.5. The molecule has 0 N–H and O–H groups in total. The third kappa shape index (κ3) is 4.52. The molecule has 2 aliphatic heterocycles. The molecular weight excluding hydrogens is 436 g/mol. The number of hydrogen-bond donors (Lipinski definition) is 0. The fourth-order valence-corrected chi connectivity index (χ4v) is 6.16. The van der Waals surface area contributed by atoms with E-state index in [2.05, 4.69) is 59.7 Å². The highest BCUT2D eigenvalue weighted by Crippen LogP contribution is 2.44.